The van der Waals surface area contributed by atoms with Crippen LogP contribution in [-0.2, 0) is 9.53 Å². The number of Topliss-reactive ketones (excluding diaryl/α,β-unsaturated/α-hetero) is 1. The molecule has 0 amide bonds. The maximum atomic E-state index is 11.6. The summed E-state index contributed by atoms with van der Waals surface area (Å²) in [5.74, 6) is 0.285. The molecule has 1 aromatic rings. The third-order valence-electron chi connectivity index (χ3n) is 2.91. The molecule has 1 rings (SSSR count). The highest BCUT2D eigenvalue weighted by Crippen LogP contribution is 2.16. The van der Waals surface area contributed by atoms with Crippen molar-refractivity contribution in [1.29, 1.82) is 0 Å². The van der Waals surface area contributed by atoms with E-state index in [2.05, 4.69) is 0 Å². The van der Waals surface area contributed by atoms with Gasteiger partial charge in [-0.25, -0.2) is 0 Å². The van der Waals surface area contributed by atoms with Crippen LogP contribution in [0.15, 0.2) is 30.3 Å². The van der Waals surface area contributed by atoms with Crippen molar-refractivity contribution in [2.45, 2.75) is 33.3 Å². The van der Waals surface area contributed by atoms with Gasteiger partial charge in [0.2, 0.25) is 0 Å². The Morgan fingerprint density at radius 1 is 1.25 bits per heavy atom. The minimum absolute atomic E-state index is 0.0193. The largest absolute Gasteiger partial charge is 0.366 e. The molecule has 88 valence electrons. The standard InChI is InChI=1S/C14H20O2/c1-4-11(2)14(15)10-16-12(3)13-8-6-5-7-9-13/h5-9,11-12H,4,10H2,1-3H3. The highest BCUT2D eigenvalue weighted by atomic mass is 16.5. The van der Waals surface area contributed by atoms with Crippen molar-refractivity contribution in [3.63, 3.8) is 0 Å². The monoisotopic (exact) mass is 220 g/mol. The molecule has 0 bridgehead atoms. The van der Waals surface area contributed by atoms with E-state index in [9.17, 15) is 4.79 Å². The Balaban J connectivity index is 2.42. The van der Waals surface area contributed by atoms with Gasteiger partial charge in [0.05, 0.1) is 6.10 Å². The topological polar surface area (TPSA) is 26.3 Å². The molecule has 0 aliphatic rings. The van der Waals surface area contributed by atoms with E-state index in [1.54, 1.807) is 0 Å². The lowest BCUT2D eigenvalue weighted by molar-refractivity contribution is -0.128. The van der Waals surface area contributed by atoms with Crippen molar-refractivity contribution in [2.24, 2.45) is 5.92 Å². The van der Waals surface area contributed by atoms with Crippen LogP contribution in [0.2, 0.25) is 0 Å². The number of ether oxygens (including phenoxy) is 1. The number of rotatable bonds is 6. The molecule has 2 nitrogen and oxygen atoms in total. The average molecular weight is 220 g/mol. The Morgan fingerprint density at radius 2 is 1.88 bits per heavy atom. The molecule has 0 saturated carbocycles. The molecule has 0 spiro atoms. The van der Waals surface area contributed by atoms with Gasteiger partial charge in [0, 0.05) is 5.92 Å². The first-order chi connectivity index (χ1) is 7.65. The van der Waals surface area contributed by atoms with Crippen LogP contribution < -0.4 is 0 Å². The highest BCUT2D eigenvalue weighted by Gasteiger charge is 2.13. The first-order valence-electron chi connectivity index (χ1n) is 5.84. The van der Waals surface area contributed by atoms with Crippen molar-refractivity contribution in [3.8, 4) is 0 Å². The van der Waals surface area contributed by atoms with Gasteiger partial charge in [0.1, 0.15) is 6.61 Å². The van der Waals surface area contributed by atoms with E-state index in [4.69, 9.17) is 4.74 Å². The van der Waals surface area contributed by atoms with E-state index < -0.39 is 0 Å². The zero-order chi connectivity index (χ0) is 12.0. The Kier molecular flexibility index (Phi) is 5.20. The van der Waals surface area contributed by atoms with E-state index in [0.29, 0.717) is 0 Å². The third-order valence-corrected chi connectivity index (χ3v) is 2.91. The molecular formula is C14H20O2. The minimum atomic E-state index is -0.0193. The summed E-state index contributed by atoms with van der Waals surface area (Å²) in [6.07, 6.45) is 0.858. The molecule has 2 heteroatoms. The summed E-state index contributed by atoms with van der Waals surface area (Å²) in [4.78, 5) is 11.6. The lowest BCUT2D eigenvalue weighted by Gasteiger charge is -2.14. The van der Waals surface area contributed by atoms with Crippen LogP contribution in [-0.4, -0.2) is 12.4 Å². The van der Waals surface area contributed by atoms with Crippen LogP contribution in [0.4, 0.5) is 0 Å². The van der Waals surface area contributed by atoms with Gasteiger partial charge in [-0.1, -0.05) is 44.2 Å². The summed E-state index contributed by atoms with van der Waals surface area (Å²) >= 11 is 0. The van der Waals surface area contributed by atoms with Gasteiger partial charge in [0.15, 0.2) is 5.78 Å². The zero-order valence-electron chi connectivity index (χ0n) is 10.3. The minimum Gasteiger partial charge on any atom is -0.366 e. The van der Waals surface area contributed by atoms with Gasteiger partial charge in [0.25, 0.3) is 0 Å². The molecule has 0 heterocycles. The molecule has 0 aromatic heterocycles. The predicted molar refractivity (Wildman–Crippen MR) is 65.3 cm³/mol. The second-order valence-corrected chi connectivity index (χ2v) is 4.14. The van der Waals surface area contributed by atoms with Crippen LogP contribution in [0.5, 0.6) is 0 Å². The Bertz CT molecular complexity index is 319. The van der Waals surface area contributed by atoms with E-state index in [1.165, 1.54) is 0 Å². The molecule has 0 fully saturated rings. The fourth-order valence-electron chi connectivity index (χ4n) is 1.40. The Morgan fingerprint density at radius 3 is 2.44 bits per heavy atom. The summed E-state index contributed by atoms with van der Waals surface area (Å²) in [6.45, 7) is 6.15. The van der Waals surface area contributed by atoms with Crippen LogP contribution in [0.25, 0.3) is 0 Å². The number of ketones is 1. The van der Waals surface area contributed by atoms with Crippen molar-refractivity contribution in [1.82, 2.24) is 0 Å². The fraction of sp³-hybridized carbons (Fsp3) is 0.500. The predicted octanol–water partition coefficient (Wildman–Crippen LogP) is 3.38. The fourth-order valence-corrected chi connectivity index (χ4v) is 1.40. The maximum Gasteiger partial charge on any atom is 0.161 e. The molecular weight excluding hydrogens is 200 g/mol. The van der Waals surface area contributed by atoms with Gasteiger partial charge in [-0.3, -0.25) is 4.79 Å². The number of carbonyl (C=O) groups is 1. The van der Waals surface area contributed by atoms with E-state index in [-0.39, 0.29) is 24.4 Å². The quantitative estimate of drug-likeness (QED) is 0.734. The van der Waals surface area contributed by atoms with Gasteiger partial charge in [-0.15, -0.1) is 0 Å². The summed E-state index contributed by atoms with van der Waals surface area (Å²) < 4.78 is 5.56. The van der Waals surface area contributed by atoms with E-state index in [0.717, 1.165) is 12.0 Å². The van der Waals surface area contributed by atoms with Crippen molar-refractivity contribution >= 4 is 5.78 Å². The lowest BCUT2D eigenvalue weighted by Crippen LogP contribution is -2.17. The summed E-state index contributed by atoms with van der Waals surface area (Å²) in [5, 5.41) is 0. The molecule has 1 aromatic carbocycles. The van der Waals surface area contributed by atoms with Gasteiger partial charge < -0.3 is 4.74 Å². The number of hydrogen-bond donors (Lipinski definition) is 0. The number of carbonyl (C=O) groups excluding carboxylic acids is 1. The first kappa shape index (κ1) is 12.9. The molecule has 0 aliphatic carbocycles. The molecule has 2 atom stereocenters. The number of hydrogen-bond acceptors (Lipinski definition) is 2. The normalized spacial score (nSPS) is 14.4. The molecule has 0 radical (unpaired) electrons. The van der Waals surface area contributed by atoms with Crippen molar-refractivity contribution < 1.29 is 9.53 Å². The van der Waals surface area contributed by atoms with Crippen LogP contribution in [0.3, 0.4) is 0 Å². The lowest BCUT2D eigenvalue weighted by atomic mass is 10.0. The van der Waals surface area contributed by atoms with Crippen LogP contribution in [0, 0.1) is 5.92 Å². The van der Waals surface area contributed by atoms with E-state index in [1.807, 2.05) is 51.1 Å². The average Bonchev–Trinajstić information content (AvgIpc) is 2.35. The van der Waals surface area contributed by atoms with Gasteiger partial charge in [-0.2, -0.15) is 0 Å². The second kappa shape index (κ2) is 6.44. The number of benzene rings is 1. The summed E-state index contributed by atoms with van der Waals surface area (Å²) in [5.41, 5.74) is 1.11. The molecule has 2 unspecified atom stereocenters. The zero-order valence-corrected chi connectivity index (χ0v) is 10.3. The van der Waals surface area contributed by atoms with Crippen LogP contribution >= 0.6 is 0 Å². The van der Waals surface area contributed by atoms with Crippen molar-refractivity contribution in [3.05, 3.63) is 35.9 Å². The molecule has 0 aliphatic heterocycles. The van der Waals surface area contributed by atoms with Crippen LogP contribution in [0.1, 0.15) is 38.9 Å². The molecule has 16 heavy (non-hydrogen) atoms. The first-order valence-corrected chi connectivity index (χ1v) is 5.84. The van der Waals surface area contributed by atoms with E-state index >= 15 is 0 Å². The SMILES string of the molecule is CCC(C)C(=O)COC(C)c1ccccc1. The smallest absolute Gasteiger partial charge is 0.161 e. The van der Waals surface area contributed by atoms with Crippen molar-refractivity contribution in [2.75, 3.05) is 6.61 Å². The molecule has 0 saturated heterocycles. The molecule has 0 N–H and O–H groups in total. The third kappa shape index (κ3) is 3.78. The summed E-state index contributed by atoms with van der Waals surface area (Å²) in [7, 11) is 0. The van der Waals surface area contributed by atoms with Gasteiger partial charge >= 0.3 is 0 Å². The van der Waals surface area contributed by atoms with Gasteiger partial charge in [-0.05, 0) is 18.9 Å². The second-order valence-electron chi connectivity index (χ2n) is 4.14. The summed E-state index contributed by atoms with van der Waals surface area (Å²) in [6, 6.07) is 9.95. The Labute approximate surface area is 97.6 Å². The maximum absolute atomic E-state index is 11.6. The highest BCUT2D eigenvalue weighted by molar-refractivity contribution is 5.81. The Hall–Kier alpha value is -1.15.